The van der Waals surface area contributed by atoms with Crippen molar-refractivity contribution >= 4 is 23.9 Å². The number of esters is 4. The van der Waals surface area contributed by atoms with Crippen LogP contribution in [0.1, 0.15) is 52.9 Å². The zero-order valence-corrected chi connectivity index (χ0v) is 32.0. The second-order valence-corrected chi connectivity index (χ2v) is 15.1. The van der Waals surface area contributed by atoms with Gasteiger partial charge in [0.05, 0.1) is 34.8 Å². The van der Waals surface area contributed by atoms with Crippen LogP contribution in [0.25, 0.3) is 22.3 Å². The van der Waals surface area contributed by atoms with Gasteiger partial charge in [-0.2, -0.15) is 0 Å². The first-order valence-electron chi connectivity index (χ1n) is 18.5. The summed E-state index contributed by atoms with van der Waals surface area (Å²) in [5.41, 5.74) is -10.4. The number of carbonyl (C=O) groups is 4. The molecule has 0 radical (unpaired) electrons. The van der Waals surface area contributed by atoms with E-state index in [2.05, 4.69) is 0 Å². The molecule has 4 aliphatic rings. The molecule has 0 saturated carbocycles. The first-order valence-corrected chi connectivity index (χ1v) is 18.5. The fraction of sp³-hybridized carbons (Fsp3) is 0.282. The molecule has 9 unspecified atom stereocenters. The van der Waals surface area contributed by atoms with Gasteiger partial charge in [-0.25, -0.2) is 19.2 Å². The number of hydrogen-bond donors (Lipinski definition) is 17. The summed E-state index contributed by atoms with van der Waals surface area (Å²) >= 11 is 0. The highest BCUT2D eigenvalue weighted by Crippen LogP contribution is 2.60. The third kappa shape index (κ3) is 6.18. The molecule has 0 aliphatic carbocycles. The highest BCUT2D eigenvalue weighted by Gasteiger charge is 2.64. The Morgan fingerprint density at radius 2 is 0.877 bits per heavy atom. The molecule has 26 nitrogen and oxygen atoms in total. The Morgan fingerprint density at radius 3 is 1.38 bits per heavy atom. The number of aliphatic hydroxyl groups is 5. The van der Waals surface area contributed by atoms with Crippen molar-refractivity contribution in [3.8, 4) is 91.2 Å². The predicted octanol–water partition coefficient (Wildman–Crippen LogP) is -1.79. The maximum absolute atomic E-state index is 14.4. The van der Waals surface area contributed by atoms with Gasteiger partial charge >= 0.3 is 23.9 Å². The number of ether oxygens (including phenoxy) is 5. The lowest BCUT2D eigenvalue weighted by atomic mass is 9.71. The predicted molar refractivity (Wildman–Crippen MR) is 199 cm³/mol. The maximum atomic E-state index is 14.4. The summed E-state index contributed by atoms with van der Waals surface area (Å²) < 4.78 is 27.4. The summed E-state index contributed by atoms with van der Waals surface area (Å²) in [5.74, 6) is -30.9. The van der Waals surface area contributed by atoms with Gasteiger partial charge in [-0.05, 0) is 18.2 Å². The first-order chi connectivity index (χ1) is 30.4. The summed E-state index contributed by atoms with van der Waals surface area (Å²) in [7, 11) is 0. The second kappa shape index (κ2) is 14.9. The van der Waals surface area contributed by atoms with Gasteiger partial charge < -0.3 is 110 Å². The fourth-order valence-electron chi connectivity index (χ4n) is 8.30. The van der Waals surface area contributed by atoms with Gasteiger partial charge in [-0.3, -0.25) is 0 Å². The van der Waals surface area contributed by atoms with Crippen LogP contribution in [0.3, 0.4) is 0 Å². The van der Waals surface area contributed by atoms with Crippen molar-refractivity contribution in [3.05, 3.63) is 46.0 Å². The van der Waals surface area contributed by atoms with Crippen LogP contribution in [0.4, 0.5) is 0 Å². The van der Waals surface area contributed by atoms with E-state index in [9.17, 15) is 106 Å². The van der Waals surface area contributed by atoms with E-state index in [4.69, 9.17) is 23.7 Å². The van der Waals surface area contributed by atoms with Gasteiger partial charge in [0.1, 0.15) is 31.0 Å². The van der Waals surface area contributed by atoms with E-state index >= 15 is 0 Å². The number of cyclic esters (lactones) is 3. The van der Waals surface area contributed by atoms with E-state index in [-0.39, 0.29) is 0 Å². The highest BCUT2D eigenvalue weighted by molar-refractivity contribution is 6.11. The maximum Gasteiger partial charge on any atom is 0.339 e. The lowest BCUT2D eigenvalue weighted by Gasteiger charge is -2.51. The highest BCUT2D eigenvalue weighted by atomic mass is 16.7. The number of benzene rings is 4. The zero-order chi connectivity index (χ0) is 47.6. The van der Waals surface area contributed by atoms with Gasteiger partial charge in [-0.15, -0.1) is 0 Å². The van der Waals surface area contributed by atoms with E-state index in [0.29, 0.717) is 18.2 Å². The minimum atomic E-state index is -3.57. The van der Waals surface area contributed by atoms with Crippen molar-refractivity contribution in [2.24, 2.45) is 0 Å². The molecule has 1 fully saturated rings. The number of phenols is 12. The summed E-state index contributed by atoms with van der Waals surface area (Å²) in [4.78, 5) is 56.9. The molecule has 0 spiro atoms. The number of aromatic hydroxyl groups is 12. The van der Waals surface area contributed by atoms with Crippen molar-refractivity contribution in [1.29, 1.82) is 0 Å². The first kappa shape index (κ1) is 43.8. The molecule has 2 bridgehead atoms. The standard InChI is InChI=1S/C39H32O26/c40-9-1-6-14(25(49)21(9)45)15-7(2-10(41)22(46)26(15)50)36(57)63-31(13(44)4-61-35(6)56)33-32-20(39(60)34(55)24(48)12(43)5-62-39)19-18(38(59)64-32)17(28(52)30(54)29(19)53)16-8(37(58)65-33)3-11(42)23(47)27(16)51/h1-3,12-13,20,24,31-34,40-55,60H,4-5H2. The van der Waals surface area contributed by atoms with Gasteiger partial charge in [0, 0.05) is 27.8 Å². The lowest BCUT2D eigenvalue weighted by molar-refractivity contribution is -0.341. The molecule has 0 aromatic heterocycles. The van der Waals surface area contributed by atoms with Crippen molar-refractivity contribution in [2.45, 2.75) is 54.4 Å². The summed E-state index contributed by atoms with van der Waals surface area (Å²) in [6.45, 7) is -2.55. The SMILES string of the molecule is O=C1OCC(O)C(C2OC(=O)c3cc(O)c(O)c(O)c3-c3c(O)c(O)c(O)c4c3C(=O)OC2C4C2(O)OCC(O)C(O)C2O)OC(=O)c2cc(O)c(O)c(O)c2-c2c1cc(O)c(O)c2O. The van der Waals surface area contributed by atoms with Crippen LogP contribution in [0.5, 0.6) is 69.0 Å². The molecule has 4 heterocycles. The fourth-order valence-corrected chi connectivity index (χ4v) is 8.30. The van der Waals surface area contributed by atoms with Gasteiger partial charge in [0.15, 0.2) is 64.3 Å². The topological polar surface area (TPSA) is 458 Å². The Labute approximate surface area is 358 Å². The van der Waals surface area contributed by atoms with E-state index in [1.54, 1.807) is 0 Å². The lowest BCUT2D eigenvalue weighted by Crippen LogP contribution is -2.68. The normalized spacial score (nSPS) is 27.5. The molecular weight excluding hydrogens is 884 g/mol. The minimum Gasteiger partial charge on any atom is -0.504 e. The molecule has 26 heteroatoms. The van der Waals surface area contributed by atoms with E-state index in [1.807, 2.05) is 0 Å². The van der Waals surface area contributed by atoms with Crippen LogP contribution in [0, 0.1) is 0 Å². The quantitative estimate of drug-likeness (QED) is 0.0599. The molecule has 65 heavy (non-hydrogen) atoms. The Hall–Kier alpha value is -7.88. The Balaban J connectivity index is 1.44. The third-order valence-corrected chi connectivity index (χ3v) is 11.4. The molecule has 8 rings (SSSR count). The molecule has 9 atom stereocenters. The van der Waals surface area contributed by atoms with E-state index < -0.39 is 211 Å². The Morgan fingerprint density at radius 1 is 0.446 bits per heavy atom. The number of aliphatic hydroxyl groups excluding tert-OH is 4. The number of carbonyl (C=O) groups excluding carboxylic acids is 4. The number of fused-ring (bicyclic) bond motifs is 7. The van der Waals surface area contributed by atoms with Crippen molar-refractivity contribution in [1.82, 2.24) is 0 Å². The largest absolute Gasteiger partial charge is 0.504 e. The average Bonchev–Trinajstić information content (AvgIpc) is 3.27. The molecule has 17 N–H and O–H groups in total. The van der Waals surface area contributed by atoms with Crippen molar-refractivity contribution in [2.75, 3.05) is 13.2 Å². The van der Waals surface area contributed by atoms with E-state index in [1.165, 1.54) is 0 Å². The molecule has 4 aromatic rings. The van der Waals surface area contributed by atoms with Gasteiger partial charge in [-0.1, -0.05) is 0 Å². The Kier molecular flexibility index (Phi) is 10.0. The van der Waals surface area contributed by atoms with Crippen LogP contribution >= 0.6 is 0 Å². The molecular formula is C39H32O26. The number of hydrogen-bond acceptors (Lipinski definition) is 26. The van der Waals surface area contributed by atoms with Gasteiger partial charge in [0.25, 0.3) is 0 Å². The van der Waals surface area contributed by atoms with Crippen LogP contribution < -0.4 is 0 Å². The summed E-state index contributed by atoms with van der Waals surface area (Å²) in [6, 6.07) is 1.16. The summed E-state index contributed by atoms with van der Waals surface area (Å²) in [5, 5.41) is 187. The smallest absolute Gasteiger partial charge is 0.339 e. The second-order valence-electron chi connectivity index (χ2n) is 15.1. The third-order valence-electron chi connectivity index (χ3n) is 11.4. The zero-order valence-electron chi connectivity index (χ0n) is 32.0. The Bertz CT molecular complexity index is 2780. The van der Waals surface area contributed by atoms with Crippen molar-refractivity contribution in [3.63, 3.8) is 0 Å². The minimum absolute atomic E-state index is 0.344. The summed E-state index contributed by atoms with van der Waals surface area (Å²) in [6.07, 6.45) is -18.1. The molecule has 0 amide bonds. The monoisotopic (exact) mass is 916 g/mol. The van der Waals surface area contributed by atoms with E-state index in [0.717, 1.165) is 0 Å². The molecule has 1 saturated heterocycles. The van der Waals surface area contributed by atoms with Crippen LogP contribution in [-0.2, 0) is 23.7 Å². The molecule has 4 aliphatic heterocycles. The van der Waals surface area contributed by atoms with Crippen LogP contribution in [0.2, 0.25) is 0 Å². The van der Waals surface area contributed by atoms with Gasteiger partial charge in [0.2, 0.25) is 28.8 Å². The van der Waals surface area contributed by atoms with Crippen LogP contribution in [-0.4, -0.2) is 172 Å². The molecule has 344 valence electrons. The van der Waals surface area contributed by atoms with Crippen LogP contribution in [0.15, 0.2) is 18.2 Å². The number of rotatable bonds is 2. The van der Waals surface area contributed by atoms with Crippen molar-refractivity contribution < 1.29 is 130 Å². The number of phenolic OH excluding ortho intramolecular Hbond substituents is 12. The average molecular weight is 917 g/mol. The molecule has 4 aromatic carbocycles.